The van der Waals surface area contributed by atoms with E-state index in [2.05, 4.69) is 19.9 Å². The normalized spacial score (nSPS) is 36.0. The lowest BCUT2D eigenvalue weighted by Crippen LogP contribution is -2.36. The van der Waals surface area contributed by atoms with Crippen LogP contribution in [0.25, 0.3) is 0 Å². The van der Waals surface area contributed by atoms with Crippen molar-refractivity contribution in [2.45, 2.75) is 104 Å². The van der Waals surface area contributed by atoms with Gasteiger partial charge in [0.15, 0.2) is 0 Å². The number of hydrogen-bond acceptors (Lipinski definition) is 1. The first kappa shape index (κ1) is 17.8. The van der Waals surface area contributed by atoms with Crippen molar-refractivity contribution in [3.8, 4) is 6.07 Å². The van der Waals surface area contributed by atoms with E-state index < -0.39 is 0 Å². The summed E-state index contributed by atoms with van der Waals surface area (Å²) in [6, 6.07) is 2.82. The quantitative estimate of drug-likeness (QED) is 0.470. The number of nitrogens with zero attached hydrogens (tertiary/aromatic N) is 1. The molecular formula is C21H37N. The minimum Gasteiger partial charge on any atom is -0.198 e. The Morgan fingerprint density at radius 2 is 1.45 bits per heavy atom. The Balaban J connectivity index is 1.81. The molecule has 126 valence electrons. The Morgan fingerprint density at radius 1 is 0.818 bits per heavy atom. The first-order valence-corrected chi connectivity index (χ1v) is 10.1. The van der Waals surface area contributed by atoms with Crippen LogP contribution < -0.4 is 0 Å². The number of rotatable bonds is 7. The average molecular weight is 304 g/mol. The van der Waals surface area contributed by atoms with E-state index in [1.165, 1.54) is 89.9 Å². The van der Waals surface area contributed by atoms with Gasteiger partial charge in [-0.15, -0.1) is 0 Å². The number of hydrogen-bond donors (Lipinski definition) is 0. The van der Waals surface area contributed by atoms with Gasteiger partial charge in [0, 0.05) is 0 Å². The van der Waals surface area contributed by atoms with Crippen LogP contribution in [0.4, 0.5) is 0 Å². The zero-order valence-electron chi connectivity index (χ0n) is 15.1. The van der Waals surface area contributed by atoms with Crippen LogP contribution in [0.3, 0.4) is 0 Å². The molecule has 0 aromatic rings. The number of nitriles is 1. The molecule has 2 saturated carbocycles. The zero-order chi connectivity index (χ0) is 15.8. The summed E-state index contributed by atoms with van der Waals surface area (Å²) in [5, 5.41) is 9.91. The fourth-order valence-corrected chi connectivity index (χ4v) is 5.19. The molecule has 1 heteroatoms. The van der Waals surface area contributed by atoms with Gasteiger partial charge in [-0.3, -0.25) is 0 Å². The molecule has 0 amide bonds. The summed E-state index contributed by atoms with van der Waals surface area (Å²) in [5.41, 5.74) is 0.0540. The molecule has 0 heterocycles. The smallest absolute Gasteiger partial charge is 0.0692 e. The van der Waals surface area contributed by atoms with Gasteiger partial charge in [0.1, 0.15) is 0 Å². The summed E-state index contributed by atoms with van der Waals surface area (Å²) in [4.78, 5) is 0. The Bertz CT molecular complexity index is 337. The highest BCUT2D eigenvalue weighted by Crippen LogP contribution is 2.50. The number of unbranched alkanes of at least 4 members (excludes halogenated alkanes) is 2. The van der Waals surface area contributed by atoms with E-state index >= 15 is 0 Å². The van der Waals surface area contributed by atoms with Crippen molar-refractivity contribution in [2.24, 2.45) is 23.2 Å². The van der Waals surface area contributed by atoms with Crippen molar-refractivity contribution in [1.82, 2.24) is 0 Å². The molecule has 2 aliphatic carbocycles. The zero-order valence-corrected chi connectivity index (χ0v) is 15.1. The molecule has 2 fully saturated rings. The van der Waals surface area contributed by atoms with Gasteiger partial charge in [-0.25, -0.2) is 0 Å². The molecule has 22 heavy (non-hydrogen) atoms. The monoisotopic (exact) mass is 303 g/mol. The molecule has 0 N–H and O–H groups in total. The van der Waals surface area contributed by atoms with Crippen LogP contribution in [0.15, 0.2) is 0 Å². The van der Waals surface area contributed by atoms with Crippen LogP contribution in [0.1, 0.15) is 104 Å². The Morgan fingerprint density at radius 3 is 2.00 bits per heavy atom. The van der Waals surface area contributed by atoms with Gasteiger partial charge >= 0.3 is 0 Å². The molecule has 0 atom stereocenters. The molecule has 0 aliphatic heterocycles. The molecule has 0 aromatic heterocycles. The van der Waals surface area contributed by atoms with Crippen molar-refractivity contribution < 1.29 is 0 Å². The molecule has 0 unspecified atom stereocenters. The summed E-state index contributed by atoms with van der Waals surface area (Å²) >= 11 is 0. The van der Waals surface area contributed by atoms with Crippen LogP contribution >= 0.6 is 0 Å². The molecule has 2 rings (SSSR count). The maximum Gasteiger partial charge on any atom is 0.0692 e. The summed E-state index contributed by atoms with van der Waals surface area (Å²) in [6.07, 6.45) is 18.8. The summed E-state index contributed by atoms with van der Waals surface area (Å²) < 4.78 is 0. The topological polar surface area (TPSA) is 23.8 Å². The van der Waals surface area contributed by atoms with E-state index in [0.29, 0.717) is 5.92 Å². The molecule has 0 spiro atoms. The molecule has 0 radical (unpaired) electrons. The third-order valence-corrected chi connectivity index (χ3v) is 6.76. The third-order valence-electron chi connectivity index (χ3n) is 6.76. The lowest BCUT2D eigenvalue weighted by molar-refractivity contribution is 0.0845. The first-order valence-electron chi connectivity index (χ1n) is 10.1. The molecule has 0 bridgehead atoms. The van der Waals surface area contributed by atoms with Crippen LogP contribution in [0.5, 0.6) is 0 Å². The Labute approximate surface area is 138 Å². The van der Waals surface area contributed by atoms with E-state index in [-0.39, 0.29) is 5.41 Å². The van der Waals surface area contributed by atoms with Gasteiger partial charge in [-0.05, 0) is 56.3 Å². The van der Waals surface area contributed by atoms with Gasteiger partial charge in [0.05, 0.1) is 11.5 Å². The van der Waals surface area contributed by atoms with Gasteiger partial charge in [-0.1, -0.05) is 65.2 Å². The highest BCUT2D eigenvalue weighted by Gasteiger charge is 2.43. The van der Waals surface area contributed by atoms with Crippen LogP contribution in [-0.2, 0) is 0 Å². The van der Waals surface area contributed by atoms with Crippen LogP contribution in [-0.4, -0.2) is 0 Å². The van der Waals surface area contributed by atoms with E-state index in [4.69, 9.17) is 0 Å². The van der Waals surface area contributed by atoms with Crippen molar-refractivity contribution in [2.75, 3.05) is 0 Å². The van der Waals surface area contributed by atoms with E-state index in [1.54, 1.807) is 0 Å². The van der Waals surface area contributed by atoms with Crippen molar-refractivity contribution in [1.29, 1.82) is 5.26 Å². The van der Waals surface area contributed by atoms with Crippen molar-refractivity contribution >= 4 is 0 Å². The molecule has 2 aliphatic rings. The molecule has 0 aromatic carbocycles. The first-order chi connectivity index (χ1) is 10.7. The highest BCUT2D eigenvalue weighted by atomic mass is 14.5. The second-order valence-electron chi connectivity index (χ2n) is 8.21. The maximum absolute atomic E-state index is 9.91. The fourth-order valence-electron chi connectivity index (χ4n) is 5.19. The predicted molar refractivity (Wildman–Crippen MR) is 94.5 cm³/mol. The van der Waals surface area contributed by atoms with Gasteiger partial charge < -0.3 is 0 Å². The van der Waals surface area contributed by atoms with Crippen LogP contribution in [0.2, 0.25) is 0 Å². The lowest BCUT2D eigenvalue weighted by Gasteiger charge is -2.43. The average Bonchev–Trinajstić information content (AvgIpc) is 2.57. The molecule has 1 nitrogen and oxygen atoms in total. The largest absolute Gasteiger partial charge is 0.198 e. The third kappa shape index (κ3) is 4.50. The second-order valence-corrected chi connectivity index (χ2v) is 8.21. The minimum atomic E-state index is 0.0540. The minimum absolute atomic E-state index is 0.0540. The van der Waals surface area contributed by atoms with Gasteiger partial charge in [-0.2, -0.15) is 5.26 Å². The SMILES string of the molecule is CCCCCC1CCC(C#N)(C2CCC(CCC)CC2)CC1. The van der Waals surface area contributed by atoms with E-state index in [0.717, 1.165) is 11.8 Å². The summed E-state index contributed by atoms with van der Waals surface area (Å²) in [7, 11) is 0. The van der Waals surface area contributed by atoms with Crippen LogP contribution in [0, 0.1) is 34.5 Å². The maximum atomic E-state index is 9.91. The molecule has 0 saturated heterocycles. The van der Waals surface area contributed by atoms with E-state index in [1.807, 2.05) is 0 Å². The second kappa shape index (κ2) is 8.95. The van der Waals surface area contributed by atoms with Gasteiger partial charge in [0.25, 0.3) is 0 Å². The van der Waals surface area contributed by atoms with Gasteiger partial charge in [0.2, 0.25) is 0 Å². The highest BCUT2D eigenvalue weighted by molar-refractivity contribution is 5.06. The predicted octanol–water partition coefficient (Wildman–Crippen LogP) is 6.87. The Kier molecular flexibility index (Phi) is 7.26. The molecular weight excluding hydrogens is 266 g/mol. The Hall–Kier alpha value is -0.510. The standard InChI is InChI=1S/C21H37N/c1-3-5-6-8-19-13-15-21(17-22,16-14-19)20-11-9-18(7-4-2)10-12-20/h18-20H,3-16H2,1-2H3. The van der Waals surface area contributed by atoms with E-state index in [9.17, 15) is 5.26 Å². The van der Waals surface area contributed by atoms with Crippen molar-refractivity contribution in [3.63, 3.8) is 0 Å². The lowest BCUT2D eigenvalue weighted by atomic mass is 9.59. The fraction of sp³-hybridized carbons (Fsp3) is 0.952. The summed E-state index contributed by atoms with van der Waals surface area (Å²) in [5.74, 6) is 2.59. The summed E-state index contributed by atoms with van der Waals surface area (Å²) in [6.45, 7) is 4.60. The van der Waals surface area contributed by atoms with Crippen molar-refractivity contribution in [3.05, 3.63) is 0 Å².